The first-order valence-corrected chi connectivity index (χ1v) is 11.9. The zero-order chi connectivity index (χ0) is 26.1. The second-order valence-electron chi connectivity index (χ2n) is 8.16. The lowest BCUT2D eigenvalue weighted by Crippen LogP contribution is -2.28. The highest BCUT2D eigenvalue weighted by molar-refractivity contribution is 6.08. The lowest BCUT2D eigenvalue weighted by molar-refractivity contribution is 0.101. The Bertz CT molecular complexity index is 1210. The molecule has 36 heavy (non-hydrogen) atoms. The number of likely N-dealkylation sites (N-methyl/N-ethyl adjacent to an activating group) is 1. The monoisotopic (exact) mass is 493 g/mol. The summed E-state index contributed by atoms with van der Waals surface area (Å²) in [5, 5.41) is 5.55. The predicted octanol–water partition coefficient (Wildman–Crippen LogP) is 5.37. The van der Waals surface area contributed by atoms with E-state index in [1.807, 2.05) is 0 Å². The summed E-state index contributed by atoms with van der Waals surface area (Å²) in [6.45, 7) is 9.13. The lowest BCUT2D eigenvalue weighted by atomic mass is 10.1. The third kappa shape index (κ3) is 6.82. The van der Waals surface area contributed by atoms with E-state index in [2.05, 4.69) is 29.4 Å². The molecule has 3 rings (SSSR count). The number of amides is 2. The Hall–Kier alpha value is -3.91. The van der Waals surface area contributed by atoms with Gasteiger partial charge >= 0.3 is 0 Å². The molecule has 0 aliphatic rings. The number of ether oxygens (including phenoxy) is 2. The molecule has 0 bridgehead atoms. The first-order chi connectivity index (χ1) is 17.4. The summed E-state index contributed by atoms with van der Waals surface area (Å²) in [5.74, 6) is -0.465. The molecule has 3 aromatic rings. The fourth-order valence-corrected chi connectivity index (χ4v) is 3.63. The maximum Gasteiger partial charge on any atom is 0.258 e. The third-order valence-corrected chi connectivity index (χ3v) is 5.85. The number of benzene rings is 3. The molecule has 0 saturated heterocycles. The Kier molecular flexibility index (Phi) is 9.41. The zero-order valence-electron chi connectivity index (χ0n) is 21.1. The lowest BCUT2D eigenvalue weighted by Gasteiger charge is -2.19. The zero-order valence-corrected chi connectivity index (χ0v) is 21.1. The molecule has 8 heteroatoms. The predicted molar refractivity (Wildman–Crippen MR) is 140 cm³/mol. The molecule has 0 unspecified atom stereocenters. The van der Waals surface area contributed by atoms with E-state index in [-0.39, 0.29) is 11.5 Å². The van der Waals surface area contributed by atoms with Gasteiger partial charge in [-0.1, -0.05) is 32.0 Å². The van der Waals surface area contributed by atoms with Crippen LogP contribution in [0.15, 0.2) is 60.7 Å². The topological polar surface area (TPSA) is 79.9 Å². The summed E-state index contributed by atoms with van der Waals surface area (Å²) < 4.78 is 25.3. The van der Waals surface area contributed by atoms with Crippen LogP contribution in [0.5, 0.6) is 11.5 Å². The maximum absolute atomic E-state index is 14.0. The molecule has 0 saturated carbocycles. The first kappa shape index (κ1) is 26.7. The van der Waals surface area contributed by atoms with Crippen molar-refractivity contribution in [2.24, 2.45) is 0 Å². The quantitative estimate of drug-likeness (QED) is 0.376. The molecular formula is C28H32FN3O4. The summed E-state index contributed by atoms with van der Waals surface area (Å²) in [6, 6.07) is 15.9. The molecule has 2 N–H and O–H groups in total. The van der Waals surface area contributed by atoms with E-state index in [1.54, 1.807) is 56.5 Å². The molecule has 0 radical (unpaired) electrons. The van der Waals surface area contributed by atoms with E-state index in [1.165, 1.54) is 18.2 Å². The van der Waals surface area contributed by atoms with Gasteiger partial charge in [-0.2, -0.15) is 0 Å². The molecule has 0 spiro atoms. The molecule has 0 atom stereocenters. The van der Waals surface area contributed by atoms with Crippen LogP contribution in [0.3, 0.4) is 0 Å². The van der Waals surface area contributed by atoms with Crippen molar-refractivity contribution in [1.82, 2.24) is 4.90 Å². The van der Waals surface area contributed by atoms with Crippen molar-refractivity contribution in [3.63, 3.8) is 0 Å². The fourth-order valence-electron chi connectivity index (χ4n) is 3.63. The van der Waals surface area contributed by atoms with Crippen LogP contribution in [-0.4, -0.2) is 50.1 Å². The molecule has 0 fully saturated rings. The number of nitrogens with one attached hydrogen (secondary N) is 2. The molecule has 0 aliphatic heterocycles. The van der Waals surface area contributed by atoms with Crippen LogP contribution >= 0.6 is 0 Å². The molecule has 0 aromatic heterocycles. The van der Waals surface area contributed by atoms with Crippen molar-refractivity contribution in [2.45, 2.75) is 20.8 Å². The van der Waals surface area contributed by atoms with Gasteiger partial charge in [-0.3, -0.25) is 9.59 Å². The van der Waals surface area contributed by atoms with E-state index in [0.717, 1.165) is 25.2 Å². The molecule has 7 nitrogen and oxygen atoms in total. The largest absolute Gasteiger partial charge is 0.493 e. The molecule has 190 valence electrons. The van der Waals surface area contributed by atoms with Gasteiger partial charge in [0, 0.05) is 29.5 Å². The Morgan fingerprint density at radius 2 is 1.67 bits per heavy atom. The normalized spacial score (nSPS) is 10.7. The minimum atomic E-state index is -0.615. The fraction of sp³-hybridized carbons (Fsp3) is 0.286. The van der Waals surface area contributed by atoms with Crippen LogP contribution in [0.25, 0.3) is 0 Å². The second-order valence-corrected chi connectivity index (χ2v) is 8.16. The highest BCUT2D eigenvalue weighted by Gasteiger charge is 2.15. The molecule has 0 heterocycles. The van der Waals surface area contributed by atoms with Crippen LogP contribution < -0.4 is 20.1 Å². The van der Waals surface area contributed by atoms with E-state index in [0.29, 0.717) is 35.0 Å². The highest BCUT2D eigenvalue weighted by Crippen LogP contribution is 2.30. The third-order valence-electron chi connectivity index (χ3n) is 5.85. The van der Waals surface area contributed by atoms with Crippen molar-refractivity contribution >= 4 is 23.2 Å². The Morgan fingerprint density at radius 1 is 0.917 bits per heavy atom. The van der Waals surface area contributed by atoms with Gasteiger partial charge in [0.2, 0.25) is 0 Å². The molecule has 3 aromatic carbocycles. The van der Waals surface area contributed by atoms with Gasteiger partial charge < -0.3 is 25.0 Å². The van der Waals surface area contributed by atoms with E-state index >= 15 is 0 Å². The van der Waals surface area contributed by atoms with Crippen molar-refractivity contribution in [3.05, 3.63) is 83.2 Å². The summed E-state index contributed by atoms with van der Waals surface area (Å²) in [7, 11) is 1.56. The van der Waals surface area contributed by atoms with Gasteiger partial charge in [-0.15, -0.1) is 0 Å². The standard InChI is InChI=1S/C28H32FN3O4/c1-5-32(6-2)15-16-36-26-18-21(13-14-25(26)35-4)30-27(33)20-12-11-19(3)24(17-20)31-28(34)22-9-7-8-10-23(22)29/h7-14,17-18H,5-6,15-16H2,1-4H3,(H,30,33)(H,31,34). The number of halogens is 1. The molecular weight excluding hydrogens is 461 g/mol. The van der Waals surface area contributed by atoms with Crippen LogP contribution in [0.1, 0.15) is 40.1 Å². The molecule has 2 amide bonds. The van der Waals surface area contributed by atoms with E-state index in [4.69, 9.17) is 9.47 Å². The average molecular weight is 494 g/mol. The van der Waals surface area contributed by atoms with Gasteiger partial charge in [0.15, 0.2) is 11.5 Å². The van der Waals surface area contributed by atoms with Gasteiger partial charge in [0.25, 0.3) is 11.8 Å². The second kappa shape index (κ2) is 12.7. The summed E-state index contributed by atoms with van der Waals surface area (Å²) in [4.78, 5) is 27.8. The van der Waals surface area contributed by atoms with Crippen molar-refractivity contribution in [3.8, 4) is 11.5 Å². The minimum Gasteiger partial charge on any atom is -0.493 e. The van der Waals surface area contributed by atoms with Crippen LogP contribution in [-0.2, 0) is 0 Å². The number of aryl methyl sites for hydroxylation is 1. The number of carbonyl (C=O) groups excluding carboxylic acids is 2. The summed E-state index contributed by atoms with van der Waals surface area (Å²) in [6.07, 6.45) is 0. The average Bonchev–Trinajstić information content (AvgIpc) is 2.88. The highest BCUT2D eigenvalue weighted by atomic mass is 19.1. The minimum absolute atomic E-state index is 0.0708. The number of carbonyl (C=O) groups is 2. The number of hydrogen-bond acceptors (Lipinski definition) is 5. The number of methoxy groups -OCH3 is 1. The van der Waals surface area contributed by atoms with Gasteiger partial charge in [-0.25, -0.2) is 4.39 Å². The van der Waals surface area contributed by atoms with Crippen molar-refractivity contribution in [1.29, 1.82) is 0 Å². The summed E-state index contributed by atoms with van der Waals surface area (Å²) in [5.41, 5.74) is 1.97. The summed E-state index contributed by atoms with van der Waals surface area (Å²) >= 11 is 0. The van der Waals surface area contributed by atoms with Gasteiger partial charge in [0.05, 0.1) is 12.7 Å². The van der Waals surface area contributed by atoms with Crippen LogP contribution in [0.2, 0.25) is 0 Å². The maximum atomic E-state index is 14.0. The number of hydrogen-bond donors (Lipinski definition) is 2. The smallest absolute Gasteiger partial charge is 0.258 e. The number of rotatable bonds is 11. The van der Waals surface area contributed by atoms with E-state index < -0.39 is 11.7 Å². The van der Waals surface area contributed by atoms with E-state index in [9.17, 15) is 14.0 Å². The Morgan fingerprint density at radius 3 is 2.36 bits per heavy atom. The molecule has 0 aliphatic carbocycles. The van der Waals surface area contributed by atoms with Crippen molar-refractivity contribution in [2.75, 3.05) is 44.0 Å². The number of nitrogens with zero attached hydrogens (tertiary/aromatic N) is 1. The van der Waals surface area contributed by atoms with Gasteiger partial charge in [-0.05, 0) is 62.0 Å². The van der Waals surface area contributed by atoms with Crippen molar-refractivity contribution < 1.29 is 23.5 Å². The first-order valence-electron chi connectivity index (χ1n) is 11.9. The van der Waals surface area contributed by atoms with Crippen LogP contribution in [0, 0.1) is 12.7 Å². The SMILES string of the molecule is CCN(CC)CCOc1cc(NC(=O)c2ccc(C)c(NC(=O)c3ccccc3F)c2)ccc1OC. The van der Waals surface area contributed by atoms with Crippen LogP contribution in [0.4, 0.5) is 15.8 Å². The Balaban J connectivity index is 1.72. The Labute approximate surface area is 211 Å². The number of anilines is 2. The van der Waals surface area contributed by atoms with Gasteiger partial charge in [0.1, 0.15) is 12.4 Å².